The van der Waals surface area contributed by atoms with Gasteiger partial charge in [-0.3, -0.25) is 0 Å². The molecule has 1 fully saturated rings. The molecule has 0 spiro atoms. The van der Waals surface area contributed by atoms with E-state index in [1.54, 1.807) is 14.2 Å². The normalized spacial score (nSPS) is 20.7. The molecule has 3 nitrogen and oxygen atoms in total. The summed E-state index contributed by atoms with van der Waals surface area (Å²) >= 11 is 2.03. The van der Waals surface area contributed by atoms with Gasteiger partial charge in [-0.2, -0.15) is 11.8 Å². The smallest absolute Gasteiger partial charge is 0.161 e. The van der Waals surface area contributed by atoms with Gasteiger partial charge in [-0.05, 0) is 36.8 Å². The molecule has 1 aliphatic rings. The van der Waals surface area contributed by atoms with Gasteiger partial charge in [0.2, 0.25) is 0 Å². The molecule has 1 aromatic rings. The molecule has 4 heteroatoms. The zero-order valence-electron chi connectivity index (χ0n) is 11.2. The van der Waals surface area contributed by atoms with E-state index in [0.717, 1.165) is 11.5 Å². The van der Waals surface area contributed by atoms with Gasteiger partial charge in [0.15, 0.2) is 11.5 Å². The van der Waals surface area contributed by atoms with Crippen LogP contribution in [0, 0.1) is 0 Å². The van der Waals surface area contributed by atoms with Crippen LogP contribution in [-0.4, -0.2) is 31.8 Å². The lowest BCUT2D eigenvalue weighted by atomic mass is 10.1. The first-order valence-corrected chi connectivity index (χ1v) is 7.45. The summed E-state index contributed by atoms with van der Waals surface area (Å²) in [5.41, 5.74) is 1.24. The van der Waals surface area contributed by atoms with Crippen LogP contribution in [0.3, 0.4) is 0 Å². The van der Waals surface area contributed by atoms with Crippen molar-refractivity contribution in [2.45, 2.75) is 25.4 Å². The highest BCUT2D eigenvalue weighted by atomic mass is 32.2. The van der Waals surface area contributed by atoms with Crippen LogP contribution in [0.5, 0.6) is 11.5 Å². The topological polar surface area (TPSA) is 30.5 Å². The van der Waals surface area contributed by atoms with Crippen LogP contribution >= 0.6 is 11.8 Å². The van der Waals surface area contributed by atoms with Gasteiger partial charge in [0, 0.05) is 17.8 Å². The summed E-state index contributed by atoms with van der Waals surface area (Å²) < 4.78 is 10.6. The zero-order valence-corrected chi connectivity index (χ0v) is 12.0. The second-order valence-electron chi connectivity index (χ2n) is 4.56. The number of benzene rings is 1. The molecular formula is C14H21NO2S. The number of ether oxygens (including phenoxy) is 2. The minimum absolute atomic E-state index is 0.341. The molecule has 0 aromatic heterocycles. The fourth-order valence-electron chi connectivity index (χ4n) is 2.24. The Morgan fingerprint density at radius 2 is 2.06 bits per heavy atom. The van der Waals surface area contributed by atoms with E-state index < -0.39 is 0 Å². The summed E-state index contributed by atoms with van der Waals surface area (Å²) in [7, 11) is 3.34. The third kappa shape index (κ3) is 3.12. The van der Waals surface area contributed by atoms with Crippen LogP contribution in [0.2, 0.25) is 0 Å². The third-order valence-electron chi connectivity index (χ3n) is 3.32. The number of rotatable bonds is 5. The van der Waals surface area contributed by atoms with Gasteiger partial charge < -0.3 is 14.8 Å². The van der Waals surface area contributed by atoms with E-state index in [-0.39, 0.29) is 0 Å². The summed E-state index contributed by atoms with van der Waals surface area (Å²) in [5, 5.41) is 3.67. The fraction of sp³-hybridized carbons (Fsp3) is 0.571. The van der Waals surface area contributed by atoms with Crippen molar-refractivity contribution in [3.8, 4) is 11.5 Å². The average molecular weight is 267 g/mol. The number of methoxy groups -OCH3 is 2. The molecule has 0 amide bonds. The minimum atomic E-state index is 0.341. The molecule has 1 aliphatic heterocycles. The molecule has 1 heterocycles. The third-order valence-corrected chi connectivity index (χ3v) is 4.49. The number of hydrogen-bond acceptors (Lipinski definition) is 4. The molecular weight excluding hydrogens is 246 g/mol. The van der Waals surface area contributed by atoms with Crippen molar-refractivity contribution in [2.75, 3.05) is 25.7 Å². The maximum Gasteiger partial charge on any atom is 0.161 e. The predicted octanol–water partition coefficient (Wildman–Crippen LogP) is 2.86. The molecule has 18 heavy (non-hydrogen) atoms. The van der Waals surface area contributed by atoms with E-state index >= 15 is 0 Å². The van der Waals surface area contributed by atoms with E-state index in [0.29, 0.717) is 12.1 Å². The van der Waals surface area contributed by atoms with Crippen LogP contribution in [0.15, 0.2) is 18.2 Å². The van der Waals surface area contributed by atoms with Crippen molar-refractivity contribution in [3.05, 3.63) is 23.8 Å². The Kier molecular flexibility index (Phi) is 4.78. The molecule has 0 aliphatic carbocycles. The Labute approximate surface area is 113 Å². The monoisotopic (exact) mass is 267 g/mol. The van der Waals surface area contributed by atoms with Crippen molar-refractivity contribution in [2.24, 2.45) is 0 Å². The van der Waals surface area contributed by atoms with Gasteiger partial charge in [-0.15, -0.1) is 0 Å². The second-order valence-corrected chi connectivity index (χ2v) is 5.71. The van der Waals surface area contributed by atoms with Gasteiger partial charge in [0.05, 0.1) is 14.2 Å². The summed E-state index contributed by atoms with van der Waals surface area (Å²) in [6.45, 7) is 2.20. The highest BCUT2D eigenvalue weighted by Gasteiger charge is 2.18. The van der Waals surface area contributed by atoms with Crippen molar-refractivity contribution < 1.29 is 9.47 Å². The van der Waals surface area contributed by atoms with Crippen molar-refractivity contribution >= 4 is 11.8 Å². The SMILES string of the molecule is COc1ccc(C(C)NC2CCSC2)cc1OC. The van der Waals surface area contributed by atoms with Crippen LogP contribution in [-0.2, 0) is 0 Å². The zero-order chi connectivity index (χ0) is 13.0. The van der Waals surface area contributed by atoms with Crippen LogP contribution in [0.1, 0.15) is 24.9 Å². The molecule has 0 bridgehead atoms. The Hall–Kier alpha value is -0.870. The van der Waals surface area contributed by atoms with Gasteiger partial charge in [0.1, 0.15) is 0 Å². The lowest BCUT2D eigenvalue weighted by Crippen LogP contribution is -2.31. The Bertz CT molecular complexity index is 391. The summed E-state index contributed by atoms with van der Waals surface area (Å²) in [6.07, 6.45) is 1.27. The standard InChI is InChI=1S/C14H21NO2S/c1-10(15-12-6-7-18-9-12)11-4-5-13(16-2)14(8-11)17-3/h4-5,8,10,12,15H,6-7,9H2,1-3H3. The lowest BCUT2D eigenvalue weighted by molar-refractivity contribution is 0.353. The number of hydrogen-bond donors (Lipinski definition) is 1. The minimum Gasteiger partial charge on any atom is -0.493 e. The van der Waals surface area contributed by atoms with Gasteiger partial charge in [-0.25, -0.2) is 0 Å². The van der Waals surface area contributed by atoms with Gasteiger partial charge >= 0.3 is 0 Å². The van der Waals surface area contributed by atoms with E-state index in [1.165, 1.54) is 23.5 Å². The number of nitrogens with one attached hydrogen (secondary N) is 1. The van der Waals surface area contributed by atoms with Crippen molar-refractivity contribution in [1.82, 2.24) is 5.32 Å². The Morgan fingerprint density at radius 3 is 2.67 bits per heavy atom. The van der Waals surface area contributed by atoms with E-state index in [9.17, 15) is 0 Å². The highest BCUT2D eigenvalue weighted by Crippen LogP contribution is 2.30. The van der Waals surface area contributed by atoms with Crippen molar-refractivity contribution in [1.29, 1.82) is 0 Å². The molecule has 2 unspecified atom stereocenters. The van der Waals surface area contributed by atoms with E-state index in [2.05, 4.69) is 24.4 Å². The summed E-state index contributed by atoms with van der Waals surface area (Å²) in [4.78, 5) is 0. The first-order chi connectivity index (χ1) is 8.74. The first-order valence-electron chi connectivity index (χ1n) is 6.30. The molecule has 0 radical (unpaired) electrons. The molecule has 1 saturated heterocycles. The predicted molar refractivity (Wildman–Crippen MR) is 76.8 cm³/mol. The Morgan fingerprint density at radius 1 is 1.28 bits per heavy atom. The first kappa shape index (κ1) is 13.6. The van der Waals surface area contributed by atoms with Gasteiger partial charge in [-0.1, -0.05) is 6.07 Å². The van der Waals surface area contributed by atoms with E-state index in [1.807, 2.05) is 17.8 Å². The largest absolute Gasteiger partial charge is 0.493 e. The maximum atomic E-state index is 5.34. The summed E-state index contributed by atoms with van der Waals surface area (Å²) in [6, 6.07) is 7.10. The molecule has 1 N–H and O–H groups in total. The van der Waals surface area contributed by atoms with Gasteiger partial charge in [0.25, 0.3) is 0 Å². The lowest BCUT2D eigenvalue weighted by Gasteiger charge is -2.20. The molecule has 100 valence electrons. The number of thioether (sulfide) groups is 1. The molecule has 2 atom stereocenters. The van der Waals surface area contributed by atoms with E-state index in [4.69, 9.17) is 9.47 Å². The fourth-order valence-corrected chi connectivity index (χ4v) is 3.40. The summed E-state index contributed by atoms with van der Waals surface area (Å²) in [5.74, 6) is 4.07. The maximum absolute atomic E-state index is 5.34. The average Bonchev–Trinajstić information content (AvgIpc) is 2.90. The Balaban J connectivity index is 2.06. The van der Waals surface area contributed by atoms with Crippen LogP contribution in [0.25, 0.3) is 0 Å². The highest BCUT2D eigenvalue weighted by molar-refractivity contribution is 7.99. The van der Waals surface area contributed by atoms with Crippen LogP contribution in [0.4, 0.5) is 0 Å². The van der Waals surface area contributed by atoms with Crippen LogP contribution < -0.4 is 14.8 Å². The van der Waals surface area contributed by atoms with Crippen molar-refractivity contribution in [3.63, 3.8) is 0 Å². The quantitative estimate of drug-likeness (QED) is 0.888. The molecule has 2 rings (SSSR count). The second kappa shape index (κ2) is 6.34. The molecule has 1 aromatic carbocycles. The molecule has 0 saturated carbocycles.